The molecule has 0 saturated heterocycles. The Labute approximate surface area is 122 Å². The van der Waals surface area contributed by atoms with Gasteiger partial charge in [0.1, 0.15) is 4.21 Å². The van der Waals surface area contributed by atoms with Gasteiger partial charge in [-0.2, -0.15) is 0 Å². The summed E-state index contributed by atoms with van der Waals surface area (Å²) in [5.74, 6) is -0.945. The summed E-state index contributed by atoms with van der Waals surface area (Å²) >= 11 is 0.946. The molecule has 0 fully saturated rings. The van der Waals surface area contributed by atoms with E-state index in [2.05, 4.69) is 4.72 Å². The van der Waals surface area contributed by atoms with Crippen LogP contribution in [0.2, 0.25) is 0 Å². The lowest BCUT2D eigenvalue weighted by Crippen LogP contribution is -2.38. The third-order valence-electron chi connectivity index (χ3n) is 2.78. The second-order valence-corrected chi connectivity index (χ2v) is 7.88. The third kappa shape index (κ3) is 4.86. The Bertz CT molecular complexity index is 550. The second-order valence-electron chi connectivity index (χ2n) is 4.78. The van der Waals surface area contributed by atoms with Crippen LogP contribution >= 0.6 is 11.3 Å². The second kappa shape index (κ2) is 7.16. The Balaban J connectivity index is 2.87. The first kappa shape index (κ1) is 17.1. The average molecular weight is 321 g/mol. The lowest BCUT2D eigenvalue weighted by Gasteiger charge is -2.20. The maximum atomic E-state index is 12.2. The van der Waals surface area contributed by atoms with Crippen molar-refractivity contribution in [3.8, 4) is 0 Å². The minimum absolute atomic E-state index is 0.0513. The predicted octanol–water partition coefficient (Wildman–Crippen LogP) is 1.06. The maximum absolute atomic E-state index is 12.2. The van der Waals surface area contributed by atoms with Crippen molar-refractivity contribution in [2.75, 3.05) is 6.61 Å². The van der Waals surface area contributed by atoms with Crippen LogP contribution < -0.4 is 4.72 Å². The van der Waals surface area contributed by atoms with E-state index in [-0.39, 0.29) is 29.2 Å². The van der Waals surface area contributed by atoms with Crippen molar-refractivity contribution in [3.05, 3.63) is 17.0 Å². The van der Waals surface area contributed by atoms with Gasteiger partial charge in [-0.1, -0.05) is 13.8 Å². The van der Waals surface area contributed by atoms with E-state index in [9.17, 15) is 13.2 Å². The molecule has 114 valence electrons. The summed E-state index contributed by atoms with van der Waals surface area (Å²) in [5, 5.41) is 17.6. The van der Waals surface area contributed by atoms with Gasteiger partial charge >= 0.3 is 5.97 Å². The molecular weight excluding hydrogens is 302 g/mol. The first-order valence-electron chi connectivity index (χ1n) is 6.20. The molecule has 0 saturated carbocycles. The molecule has 1 heterocycles. The lowest BCUT2D eigenvalue weighted by molar-refractivity contribution is -0.136. The van der Waals surface area contributed by atoms with Crippen molar-refractivity contribution in [1.82, 2.24) is 4.72 Å². The molecular formula is C12H19NO5S2. The number of nitrogens with one attached hydrogen (secondary N) is 1. The van der Waals surface area contributed by atoms with Crippen LogP contribution in [0.15, 0.2) is 16.3 Å². The fraction of sp³-hybridized carbons (Fsp3) is 0.583. The standard InChI is InChI=1S/C12H19NO5S2/c1-8(2)10(5-6-14)13-20(17,18)12-4-3-9(19-12)7-11(15)16/h3-4,8,10,13-14H,5-7H2,1-2H3,(H,15,16). The van der Waals surface area contributed by atoms with E-state index in [4.69, 9.17) is 10.2 Å². The van der Waals surface area contributed by atoms with Gasteiger partial charge < -0.3 is 10.2 Å². The van der Waals surface area contributed by atoms with E-state index < -0.39 is 16.0 Å². The van der Waals surface area contributed by atoms with Gasteiger partial charge in [0.05, 0.1) is 6.42 Å². The highest BCUT2D eigenvalue weighted by atomic mass is 32.2. The minimum atomic E-state index is -3.68. The van der Waals surface area contributed by atoms with Crippen LogP contribution in [-0.4, -0.2) is 37.2 Å². The molecule has 1 aromatic rings. The zero-order chi connectivity index (χ0) is 15.3. The van der Waals surface area contributed by atoms with E-state index in [0.717, 1.165) is 11.3 Å². The molecule has 1 rings (SSSR count). The van der Waals surface area contributed by atoms with Crippen molar-refractivity contribution in [1.29, 1.82) is 0 Å². The van der Waals surface area contributed by atoms with Gasteiger partial charge in [0.2, 0.25) is 10.0 Å². The van der Waals surface area contributed by atoms with E-state index >= 15 is 0 Å². The Morgan fingerprint density at radius 1 is 1.40 bits per heavy atom. The molecule has 0 bridgehead atoms. The molecule has 3 N–H and O–H groups in total. The van der Waals surface area contributed by atoms with Crippen LogP contribution in [0.25, 0.3) is 0 Å². The Hall–Kier alpha value is -0.960. The largest absolute Gasteiger partial charge is 0.481 e. The van der Waals surface area contributed by atoms with Crippen LogP contribution in [0, 0.1) is 5.92 Å². The van der Waals surface area contributed by atoms with Gasteiger partial charge in [0.25, 0.3) is 0 Å². The Kier molecular flexibility index (Phi) is 6.12. The summed E-state index contributed by atoms with van der Waals surface area (Å²) in [6.45, 7) is 3.64. The summed E-state index contributed by atoms with van der Waals surface area (Å²) in [4.78, 5) is 11.1. The average Bonchev–Trinajstić information content (AvgIpc) is 2.76. The number of carboxylic acids is 1. The van der Waals surface area contributed by atoms with E-state index in [0.29, 0.717) is 11.3 Å². The molecule has 0 aromatic carbocycles. The third-order valence-corrected chi connectivity index (χ3v) is 5.85. The van der Waals surface area contributed by atoms with Gasteiger partial charge in [-0.15, -0.1) is 11.3 Å². The molecule has 20 heavy (non-hydrogen) atoms. The smallest absolute Gasteiger partial charge is 0.308 e. The molecule has 0 aliphatic carbocycles. The highest BCUT2D eigenvalue weighted by Crippen LogP contribution is 2.23. The first-order chi connectivity index (χ1) is 9.26. The number of hydrogen-bond donors (Lipinski definition) is 3. The number of aliphatic carboxylic acids is 1. The van der Waals surface area contributed by atoms with Crippen LogP contribution in [0.4, 0.5) is 0 Å². The van der Waals surface area contributed by atoms with Crippen molar-refractivity contribution in [2.24, 2.45) is 5.92 Å². The number of aliphatic hydroxyl groups excluding tert-OH is 1. The monoisotopic (exact) mass is 321 g/mol. The Morgan fingerprint density at radius 3 is 2.55 bits per heavy atom. The Morgan fingerprint density at radius 2 is 2.05 bits per heavy atom. The number of hydrogen-bond acceptors (Lipinski definition) is 5. The highest BCUT2D eigenvalue weighted by molar-refractivity contribution is 7.91. The SMILES string of the molecule is CC(C)C(CCO)NS(=O)(=O)c1ccc(CC(=O)O)s1. The summed E-state index contributed by atoms with van der Waals surface area (Å²) in [6, 6.07) is 2.56. The highest BCUT2D eigenvalue weighted by Gasteiger charge is 2.23. The molecule has 1 unspecified atom stereocenters. The zero-order valence-corrected chi connectivity index (χ0v) is 13.0. The zero-order valence-electron chi connectivity index (χ0n) is 11.4. The number of sulfonamides is 1. The molecule has 0 amide bonds. The van der Waals surface area contributed by atoms with Crippen LogP contribution in [0.5, 0.6) is 0 Å². The van der Waals surface area contributed by atoms with Gasteiger partial charge in [0, 0.05) is 17.5 Å². The van der Waals surface area contributed by atoms with Crippen LogP contribution in [0.1, 0.15) is 25.1 Å². The van der Waals surface area contributed by atoms with Gasteiger partial charge in [-0.25, -0.2) is 13.1 Å². The number of carbonyl (C=O) groups is 1. The fourth-order valence-corrected chi connectivity index (χ4v) is 4.45. The topological polar surface area (TPSA) is 104 Å². The van der Waals surface area contributed by atoms with E-state index in [1.807, 2.05) is 13.8 Å². The molecule has 8 heteroatoms. The van der Waals surface area contributed by atoms with Crippen LogP contribution in [-0.2, 0) is 21.2 Å². The number of rotatable bonds is 8. The van der Waals surface area contributed by atoms with Crippen molar-refractivity contribution in [3.63, 3.8) is 0 Å². The summed E-state index contributed by atoms with van der Waals surface area (Å²) in [5.41, 5.74) is 0. The molecule has 0 aliphatic heterocycles. The summed E-state index contributed by atoms with van der Waals surface area (Å²) in [6.07, 6.45) is 0.148. The van der Waals surface area contributed by atoms with E-state index in [1.54, 1.807) is 0 Å². The van der Waals surface area contributed by atoms with E-state index in [1.165, 1.54) is 12.1 Å². The number of aliphatic hydroxyl groups is 1. The maximum Gasteiger partial charge on any atom is 0.308 e. The van der Waals surface area contributed by atoms with Gasteiger partial charge in [0.15, 0.2) is 0 Å². The molecule has 0 spiro atoms. The van der Waals surface area contributed by atoms with Crippen molar-refractivity contribution < 1.29 is 23.4 Å². The fourth-order valence-electron chi connectivity index (χ4n) is 1.67. The molecule has 1 aromatic heterocycles. The quantitative estimate of drug-likeness (QED) is 0.664. The number of carboxylic acid groups (broad SMARTS) is 1. The summed E-state index contributed by atoms with van der Waals surface area (Å²) in [7, 11) is -3.68. The first-order valence-corrected chi connectivity index (χ1v) is 8.50. The molecule has 1 atom stereocenters. The molecule has 0 radical (unpaired) electrons. The van der Waals surface area contributed by atoms with Gasteiger partial charge in [-0.3, -0.25) is 4.79 Å². The van der Waals surface area contributed by atoms with Gasteiger partial charge in [-0.05, 0) is 24.5 Å². The molecule has 0 aliphatic rings. The number of thiophene rings is 1. The molecule has 6 nitrogen and oxygen atoms in total. The summed E-state index contributed by atoms with van der Waals surface area (Å²) < 4.78 is 27.0. The van der Waals surface area contributed by atoms with Crippen LogP contribution in [0.3, 0.4) is 0 Å². The van der Waals surface area contributed by atoms with Crippen molar-refractivity contribution >= 4 is 27.3 Å². The predicted molar refractivity (Wildman–Crippen MR) is 76.3 cm³/mol. The normalized spacial score (nSPS) is 13.6. The minimum Gasteiger partial charge on any atom is -0.481 e. The van der Waals surface area contributed by atoms with Crippen molar-refractivity contribution in [2.45, 2.75) is 36.9 Å². The lowest BCUT2D eigenvalue weighted by atomic mass is 10.0.